The molecule has 1 heterocycles. The van der Waals surface area contributed by atoms with Crippen molar-refractivity contribution in [2.24, 2.45) is 5.92 Å². The van der Waals surface area contributed by atoms with E-state index in [1.165, 1.54) is 11.1 Å². The minimum Gasteiger partial charge on any atom is -0.385 e. The van der Waals surface area contributed by atoms with Gasteiger partial charge in [0.25, 0.3) is 0 Å². The highest BCUT2D eigenvalue weighted by atomic mass is 35.5. The summed E-state index contributed by atoms with van der Waals surface area (Å²) >= 11 is 6.72. The zero-order valence-corrected chi connectivity index (χ0v) is 19.4. The molecule has 1 fully saturated rings. The Balaban J connectivity index is 2.00. The Hall–Kier alpha value is -1.88. The van der Waals surface area contributed by atoms with Crippen LogP contribution < -0.4 is 0 Å². The van der Waals surface area contributed by atoms with Crippen LogP contribution in [0.4, 0.5) is 0 Å². The van der Waals surface area contributed by atoms with E-state index in [1.54, 1.807) is 12.0 Å². The third-order valence-electron chi connectivity index (χ3n) is 6.65. The molecule has 2 aromatic carbocycles. The number of ether oxygens (including phenoxy) is 1. The number of aryl methyl sites for hydroxylation is 1. The number of methoxy groups -OCH3 is 1. The van der Waals surface area contributed by atoms with E-state index in [-0.39, 0.29) is 5.92 Å². The molecule has 1 saturated heterocycles. The number of aliphatic hydroxyl groups is 1. The van der Waals surface area contributed by atoms with Crippen molar-refractivity contribution in [3.63, 3.8) is 0 Å². The number of benzene rings is 2. The predicted molar refractivity (Wildman–Crippen MR) is 125 cm³/mol. The molecule has 1 aliphatic rings. The fraction of sp³-hybridized carbons (Fsp3) is 0.500. The van der Waals surface area contributed by atoms with Crippen LogP contribution in [0.3, 0.4) is 0 Å². The molecule has 3 rings (SSSR count). The molecule has 1 amide bonds. The van der Waals surface area contributed by atoms with E-state index >= 15 is 0 Å². The summed E-state index contributed by atoms with van der Waals surface area (Å²) in [6.07, 6.45) is 5.72. The Morgan fingerprint density at radius 1 is 1.23 bits per heavy atom. The van der Waals surface area contributed by atoms with Crippen LogP contribution in [0.2, 0.25) is 5.02 Å². The smallest absolute Gasteiger partial charge is 0.209 e. The molecular formula is C26H34ClNO3. The molecule has 2 aromatic rings. The minimum atomic E-state index is -1.04. The van der Waals surface area contributed by atoms with Crippen molar-refractivity contribution in [2.75, 3.05) is 26.8 Å². The first-order valence-corrected chi connectivity index (χ1v) is 11.6. The largest absolute Gasteiger partial charge is 0.385 e. The lowest BCUT2D eigenvalue weighted by atomic mass is 9.72. The maximum absolute atomic E-state index is 12.2. The summed E-state index contributed by atoms with van der Waals surface area (Å²) in [5.74, 6) is -0.0249. The molecule has 31 heavy (non-hydrogen) atoms. The van der Waals surface area contributed by atoms with Crippen LogP contribution in [0.1, 0.15) is 54.4 Å². The number of nitrogens with zero attached hydrogens (tertiary/aromatic N) is 1. The summed E-state index contributed by atoms with van der Waals surface area (Å²) in [6.45, 7) is 4.10. The van der Waals surface area contributed by atoms with Crippen molar-refractivity contribution >= 4 is 18.0 Å². The number of unbranched alkanes of at least 4 members (excludes halogenated alkanes) is 1. The van der Waals surface area contributed by atoms with Gasteiger partial charge in [-0.2, -0.15) is 0 Å². The van der Waals surface area contributed by atoms with Gasteiger partial charge in [-0.05, 0) is 73.8 Å². The van der Waals surface area contributed by atoms with E-state index in [2.05, 4.69) is 19.1 Å². The lowest BCUT2D eigenvalue weighted by molar-refractivity contribution is -0.123. The second-order valence-electron chi connectivity index (χ2n) is 8.68. The van der Waals surface area contributed by atoms with Crippen LogP contribution in [-0.2, 0) is 21.6 Å². The maximum Gasteiger partial charge on any atom is 0.209 e. The number of likely N-dealkylation sites (tertiary alicyclic amines) is 1. The van der Waals surface area contributed by atoms with Gasteiger partial charge in [-0.15, -0.1) is 0 Å². The first-order chi connectivity index (χ1) is 15.0. The second kappa shape index (κ2) is 11.1. The average Bonchev–Trinajstić information content (AvgIpc) is 2.79. The van der Waals surface area contributed by atoms with Gasteiger partial charge in [0.05, 0.1) is 5.60 Å². The number of amides is 1. The van der Waals surface area contributed by atoms with Gasteiger partial charge in [-0.3, -0.25) is 4.79 Å². The van der Waals surface area contributed by atoms with Gasteiger partial charge in [0.1, 0.15) is 0 Å². The highest BCUT2D eigenvalue weighted by Crippen LogP contribution is 2.43. The molecule has 0 aliphatic carbocycles. The van der Waals surface area contributed by atoms with Crippen LogP contribution in [0, 0.1) is 12.8 Å². The normalized spacial score (nSPS) is 18.6. The zero-order chi connectivity index (χ0) is 22.3. The molecule has 0 radical (unpaired) electrons. The predicted octanol–water partition coefficient (Wildman–Crippen LogP) is 5.11. The quantitative estimate of drug-likeness (QED) is 0.410. The highest BCUT2D eigenvalue weighted by molar-refractivity contribution is 6.31. The van der Waals surface area contributed by atoms with Crippen LogP contribution in [-0.4, -0.2) is 43.2 Å². The molecular weight excluding hydrogens is 410 g/mol. The van der Waals surface area contributed by atoms with Crippen LogP contribution in [0.25, 0.3) is 0 Å². The van der Waals surface area contributed by atoms with Crippen molar-refractivity contribution in [2.45, 2.75) is 51.0 Å². The number of piperidine rings is 1. The third-order valence-corrected chi connectivity index (χ3v) is 7.00. The summed E-state index contributed by atoms with van der Waals surface area (Å²) < 4.78 is 5.22. The van der Waals surface area contributed by atoms with E-state index in [4.69, 9.17) is 16.3 Å². The fourth-order valence-corrected chi connectivity index (χ4v) is 5.08. The molecule has 1 aliphatic heterocycles. The summed E-state index contributed by atoms with van der Waals surface area (Å²) in [6, 6.07) is 14.2. The van der Waals surface area contributed by atoms with E-state index in [1.807, 2.05) is 30.3 Å². The number of carbonyl (C=O) groups excluding carboxylic acids is 1. The first-order valence-electron chi connectivity index (χ1n) is 11.2. The van der Waals surface area contributed by atoms with E-state index in [9.17, 15) is 9.90 Å². The summed E-state index contributed by atoms with van der Waals surface area (Å²) in [7, 11) is 1.70. The van der Waals surface area contributed by atoms with Gasteiger partial charge >= 0.3 is 0 Å². The van der Waals surface area contributed by atoms with Gasteiger partial charge in [-0.25, -0.2) is 0 Å². The van der Waals surface area contributed by atoms with Crippen molar-refractivity contribution in [3.05, 3.63) is 69.7 Å². The topological polar surface area (TPSA) is 49.8 Å². The second-order valence-corrected chi connectivity index (χ2v) is 9.09. The van der Waals surface area contributed by atoms with Gasteiger partial charge in [0, 0.05) is 37.7 Å². The molecule has 168 valence electrons. The Morgan fingerprint density at radius 3 is 2.77 bits per heavy atom. The lowest BCUT2D eigenvalue weighted by Gasteiger charge is -2.43. The molecule has 5 heteroatoms. The molecule has 0 spiro atoms. The maximum atomic E-state index is 12.2. The first kappa shape index (κ1) is 23.8. The molecule has 0 saturated carbocycles. The Morgan fingerprint density at radius 2 is 2.03 bits per heavy atom. The SMILES string of the molecule is COCCCCC(O)(c1cccc(Cl)c1Cc1ccccc1C)C1CCCN(C=O)C1. The number of carbonyl (C=O) groups is 1. The Labute approximate surface area is 191 Å². The van der Waals surface area contributed by atoms with Crippen LogP contribution >= 0.6 is 11.6 Å². The summed E-state index contributed by atoms with van der Waals surface area (Å²) in [5, 5.41) is 12.9. The fourth-order valence-electron chi connectivity index (χ4n) is 4.83. The van der Waals surface area contributed by atoms with E-state index < -0.39 is 5.60 Å². The van der Waals surface area contributed by atoms with E-state index in [0.29, 0.717) is 31.0 Å². The van der Waals surface area contributed by atoms with E-state index in [0.717, 1.165) is 49.8 Å². The third kappa shape index (κ3) is 5.68. The number of halogens is 1. The van der Waals surface area contributed by atoms with Crippen LogP contribution in [0.5, 0.6) is 0 Å². The number of rotatable bonds is 10. The van der Waals surface area contributed by atoms with Gasteiger partial charge in [0.2, 0.25) is 6.41 Å². The summed E-state index contributed by atoms with van der Waals surface area (Å²) in [4.78, 5) is 13.3. The Bertz CT molecular complexity index is 871. The molecule has 2 atom stereocenters. The molecule has 2 unspecified atom stereocenters. The van der Waals surface area contributed by atoms with Crippen molar-refractivity contribution in [1.29, 1.82) is 0 Å². The summed E-state index contributed by atoms with van der Waals surface area (Å²) in [5.41, 5.74) is 3.26. The number of hydrogen-bond acceptors (Lipinski definition) is 3. The average molecular weight is 444 g/mol. The molecule has 4 nitrogen and oxygen atoms in total. The monoisotopic (exact) mass is 443 g/mol. The molecule has 0 bridgehead atoms. The van der Waals surface area contributed by atoms with Gasteiger partial charge in [0.15, 0.2) is 0 Å². The zero-order valence-electron chi connectivity index (χ0n) is 18.6. The Kier molecular flexibility index (Phi) is 8.53. The molecule has 1 N–H and O–H groups in total. The minimum absolute atomic E-state index is 0.0249. The van der Waals surface area contributed by atoms with Gasteiger partial charge < -0.3 is 14.7 Å². The highest BCUT2D eigenvalue weighted by Gasteiger charge is 2.41. The van der Waals surface area contributed by atoms with Crippen molar-refractivity contribution in [3.8, 4) is 0 Å². The number of hydrogen-bond donors (Lipinski definition) is 1. The van der Waals surface area contributed by atoms with Gasteiger partial charge in [-0.1, -0.05) is 48.0 Å². The molecule has 0 aromatic heterocycles. The van der Waals surface area contributed by atoms with Crippen molar-refractivity contribution in [1.82, 2.24) is 4.90 Å². The van der Waals surface area contributed by atoms with Crippen LogP contribution in [0.15, 0.2) is 42.5 Å². The van der Waals surface area contributed by atoms with Crippen molar-refractivity contribution < 1.29 is 14.6 Å². The lowest BCUT2D eigenvalue weighted by Crippen LogP contribution is -2.46. The standard InChI is InChI=1S/C26H34ClNO3/c1-20-9-3-4-10-21(20)17-23-24(12-7-13-25(23)27)26(30,14-5-6-16-31-2)22-11-8-15-28(18-22)19-29/h3-4,7,9-10,12-13,19,22,30H,5-6,8,11,14-18H2,1-2H3.